The van der Waals surface area contributed by atoms with E-state index in [1.807, 2.05) is 35.5 Å². The molecule has 7 heteroatoms. The summed E-state index contributed by atoms with van der Waals surface area (Å²) in [5, 5.41) is 4.23. The zero-order valence-corrected chi connectivity index (χ0v) is 16.5. The number of pyridine rings is 1. The Morgan fingerprint density at radius 1 is 1.11 bits per heavy atom. The lowest BCUT2D eigenvalue weighted by Crippen LogP contribution is -2.51. The van der Waals surface area contributed by atoms with E-state index in [4.69, 9.17) is 0 Å². The van der Waals surface area contributed by atoms with Crippen LogP contribution in [0.1, 0.15) is 12.2 Å². The van der Waals surface area contributed by atoms with Gasteiger partial charge in [-0.15, -0.1) is 0 Å². The van der Waals surface area contributed by atoms with Crippen LogP contribution >= 0.6 is 11.3 Å². The number of fused-ring (bicyclic) bond motifs is 1. The molecule has 1 unspecified atom stereocenters. The number of aromatic nitrogens is 3. The Morgan fingerprint density at radius 2 is 2.00 bits per heavy atom. The van der Waals surface area contributed by atoms with Crippen molar-refractivity contribution in [2.24, 2.45) is 5.92 Å². The number of nitrogens with zero attached hydrogens (tertiary/aromatic N) is 5. The zero-order valence-electron chi connectivity index (χ0n) is 15.7. The van der Waals surface area contributed by atoms with Crippen LogP contribution in [0.2, 0.25) is 0 Å². The average Bonchev–Trinajstić information content (AvgIpc) is 3.43. The molecular formula is C21H23N5OS. The van der Waals surface area contributed by atoms with Crippen LogP contribution in [0.5, 0.6) is 0 Å². The summed E-state index contributed by atoms with van der Waals surface area (Å²) in [7, 11) is 0. The molecule has 0 N–H and O–H groups in total. The van der Waals surface area contributed by atoms with Crippen molar-refractivity contribution >= 4 is 23.1 Å². The van der Waals surface area contributed by atoms with E-state index in [1.54, 1.807) is 11.3 Å². The lowest BCUT2D eigenvalue weighted by atomic mass is 9.97. The Labute approximate surface area is 168 Å². The van der Waals surface area contributed by atoms with Crippen LogP contribution in [0.4, 0.5) is 5.82 Å². The number of hydrogen-bond donors (Lipinski definition) is 0. The van der Waals surface area contributed by atoms with E-state index in [0.717, 1.165) is 62.9 Å². The molecule has 3 aromatic rings. The summed E-state index contributed by atoms with van der Waals surface area (Å²) < 4.78 is 2.25. The first-order valence-corrected chi connectivity index (χ1v) is 10.8. The van der Waals surface area contributed by atoms with E-state index in [2.05, 4.69) is 36.3 Å². The molecule has 1 amide bonds. The number of carbonyl (C=O) groups is 1. The number of thiophene rings is 1. The molecule has 0 aromatic carbocycles. The number of rotatable bonds is 3. The summed E-state index contributed by atoms with van der Waals surface area (Å²) in [6.45, 7) is 3.94. The maximum Gasteiger partial charge on any atom is 0.227 e. The highest BCUT2D eigenvalue weighted by Gasteiger charge is 2.32. The predicted molar refractivity (Wildman–Crippen MR) is 110 cm³/mol. The molecular weight excluding hydrogens is 370 g/mol. The van der Waals surface area contributed by atoms with E-state index in [1.165, 1.54) is 5.56 Å². The third kappa shape index (κ3) is 3.20. The third-order valence-electron chi connectivity index (χ3n) is 5.79. The molecule has 1 atom stereocenters. The van der Waals surface area contributed by atoms with Gasteiger partial charge in [-0.1, -0.05) is 6.07 Å². The van der Waals surface area contributed by atoms with Gasteiger partial charge >= 0.3 is 0 Å². The molecule has 3 aromatic heterocycles. The van der Waals surface area contributed by atoms with Gasteiger partial charge in [0.15, 0.2) is 0 Å². The van der Waals surface area contributed by atoms with Crippen LogP contribution in [-0.4, -0.2) is 51.5 Å². The van der Waals surface area contributed by atoms with Gasteiger partial charge in [0, 0.05) is 56.3 Å². The van der Waals surface area contributed by atoms with Crippen molar-refractivity contribution in [2.75, 3.05) is 31.1 Å². The van der Waals surface area contributed by atoms with Gasteiger partial charge in [-0.3, -0.25) is 4.79 Å². The molecule has 0 aliphatic carbocycles. The highest BCUT2D eigenvalue weighted by atomic mass is 32.1. The first kappa shape index (κ1) is 17.4. The van der Waals surface area contributed by atoms with E-state index >= 15 is 0 Å². The minimum atomic E-state index is 0.0421. The van der Waals surface area contributed by atoms with Crippen molar-refractivity contribution in [3.8, 4) is 11.3 Å². The summed E-state index contributed by atoms with van der Waals surface area (Å²) >= 11 is 1.69. The number of imidazole rings is 1. The van der Waals surface area contributed by atoms with Gasteiger partial charge in [-0.25, -0.2) is 9.97 Å². The Balaban J connectivity index is 1.26. The first-order valence-electron chi connectivity index (χ1n) is 9.81. The molecule has 0 spiro atoms. The molecule has 2 aliphatic heterocycles. The summed E-state index contributed by atoms with van der Waals surface area (Å²) in [5.74, 6) is 2.43. The number of piperazine rings is 1. The van der Waals surface area contributed by atoms with Crippen molar-refractivity contribution in [1.82, 2.24) is 19.4 Å². The molecule has 144 valence electrons. The van der Waals surface area contributed by atoms with Gasteiger partial charge in [0.05, 0.1) is 17.8 Å². The molecule has 5 rings (SSSR count). The van der Waals surface area contributed by atoms with E-state index in [9.17, 15) is 4.79 Å². The second kappa shape index (κ2) is 7.39. The molecule has 1 saturated heterocycles. The molecule has 0 bridgehead atoms. The van der Waals surface area contributed by atoms with Gasteiger partial charge in [0.1, 0.15) is 11.6 Å². The Hall–Kier alpha value is -2.67. The fourth-order valence-electron chi connectivity index (χ4n) is 4.23. The van der Waals surface area contributed by atoms with E-state index in [-0.39, 0.29) is 11.8 Å². The van der Waals surface area contributed by atoms with Crippen molar-refractivity contribution in [2.45, 2.75) is 19.4 Å². The lowest BCUT2D eigenvalue weighted by molar-refractivity contribution is -0.136. The molecule has 6 nitrogen and oxygen atoms in total. The fraction of sp³-hybridized carbons (Fsp3) is 0.381. The van der Waals surface area contributed by atoms with Crippen LogP contribution in [-0.2, 0) is 17.8 Å². The quantitative estimate of drug-likeness (QED) is 0.687. The average molecular weight is 394 g/mol. The molecule has 1 fully saturated rings. The predicted octanol–water partition coefficient (Wildman–Crippen LogP) is 2.92. The summed E-state index contributed by atoms with van der Waals surface area (Å²) in [4.78, 5) is 26.5. The van der Waals surface area contributed by atoms with Gasteiger partial charge in [-0.05, 0) is 30.0 Å². The Bertz CT molecular complexity index is 945. The largest absolute Gasteiger partial charge is 0.353 e. The van der Waals surface area contributed by atoms with Crippen LogP contribution in [0.3, 0.4) is 0 Å². The minimum Gasteiger partial charge on any atom is -0.353 e. The van der Waals surface area contributed by atoms with Crippen LogP contribution in [0, 0.1) is 5.92 Å². The van der Waals surface area contributed by atoms with Crippen LogP contribution < -0.4 is 4.90 Å². The number of amides is 1. The summed E-state index contributed by atoms with van der Waals surface area (Å²) in [5.41, 5.74) is 2.33. The summed E-state index contributed by atoms with van der Waals surface area (Å²) in [6.07, 6.45) is 5.53. The van der Waals surface area contributed by atoms with E-state index < -0.39 is 0 Å². The molecule has 2 aliphatic rings. The van der Waals surface area contributed by atoms with E-state index in [0.29, 0.717) is 0 Å². The second-order valence-electron chi connectivity index (χ2n) is 7.42. The maximum atomic E-state index is 13.2. The van der Waals surface area contributed by atoms with Crippen molar-refractivity contribution < 1.29 is 4.79 Å². The fourth-order valence-corrected chi connectivity index (χ4v) is 4.88. The van der Waals surface area contributed by atoms with Crippen molar-refractivity contribution in [1.29, 1.82) is 0 Å². The molecule has 5 heterocycles. The molecule has 28 heavy (non-hydrogen) atoms. The monoisotopic (exact) mass is 393 g/mol. The second-order valence-corrected chi connectivity index (χ2v) is 8.20. The Morgan fingerprint density at radius 3 is 2.75 bits per heavy atom. The smallest absolute Gasteiger partial charge is 0.227 e. The molecule has 0 radical (unpaired) electrons. The van der Waals surface area contributed by atoms with Gasteiger partial charge in [-0.2, -0.15) is 11.3 Å². The number of anilines is 1. The first-order chi connectivity index (χ1) is 13.8. The number of hydrogen-bond acceptors (Lipinski definition) is 5. The third-order valence-corrected chi connectivity index (χ3v) is 6.47. The van der Waals surface area contributed by atoms with Crippen LogP contribution in [0.15, 0.2) is 47.4 Å². The van der Waals surface area contributed by atoms with Crippen molar-refractivity contribution in [3.63, 3.8) is 0 Å². The van der Waals surface area contributed by atoms with Gasteiger partial charge in [0.25, 0.3) is 0 Å². The normalized spacial score (nSPS) is 19.5. The lowest BCUT2D eigenvalue weighted by Gasteiger charge is -2.37. The van der Waals surface area contributed by atoms with Crippen LogP contribution in [0.25, 0.3) is 11.3 Å². The maximum absolute atomic E-state index is 13.2. The van der Waals surface area contributed by atoms with Gasteiger partial charge < -0.3 is 14.4 Å². The SMILES string of the molecule is O=C(C1CCc2ncc(-c3ccsc3)n2C1)N1CCN(c2ccccn2)CC1. The van der Waals surface area contributed by atoms with Crippen molar-refractivity contribution in [3.05, 3.63) is 53.2 Å². The summed E-state index contributed by atoms with van der Waals surface area (Å²) in [6, 6.07) is 8.10. The Kier molecular flexibility index (Phi) is 4.60. The molecule has 0 saturated carbocycles. The number of aryl methyl sites for hydroxylation is 1. The highest BCUT2D eigenvalue weighted by Crippen LogP contribution is 2.29. The number of carbonyl (C=O) groups excluding carboxylic acids is 1. The highest BCUT2D eigenvalue weighted by molar-refractivity contribution is 7.08. The zero-order chi connectivity index (χ0) is 18.9. The van der Waals surface area contributed by atoms with Gasteiger partial charge in [0.2, 0.25) is 5.91 Å². The minimum absolute atomic E-state index is 0.0421. The topological polar surface area (TPSA) is 54.3 Å². The standard InChI is InChI=1S/C21H23N5OS/c27-21(25-10-8-24(9-11-25)19-3-1-2-7-22-19)16-4-5-20-23-13-18(26(20)14-16)17-6-12-28-15-17/h1-3,6-7,12-13,15-16H,4-5,8-11,14H2.